The third-order valence-corrected chi connectivity index (χ3v) is 9.11. The van der Waals surface area contributed by atoms with Crippen molar-refractivity contribution in [1.82, 2.24) is 25.1 Å². The molecule has 1 aromatic carbocycles. The highest BCUT2D eigenvalue weighted by molar-refractivity contribution is 7.20. The van der Waals surface area contributed by atoms with Gasteiger partial charge in [0.2, 0.25) is 0 Å². The maximum atomic E-state index is 14.2. The largest absolute Gasteiger partial charge is 0.488 e. The zero-order valence-electron chi connectivity index (χ0n) is 23.5. The van der Waals surface area contributed by atoms with Gasteiger partial charge in [0.05, 0.1) is 28.2 Å². The van der Waals surface area contributed by atoms with E-state index in [9.17, 15) is 9.18 Å². The van der Waals surface area contributed by atoms with Gasteiger partial charge in [-0.3, -0.25) is 4.79 Å². The molecule has 0 radical (unpaired) electrons. The van der Waals surface area contributed by atoms with Gasteiger partial charge in [-0.25, -0.2) is 14.4 Å². The first kappa shape index (κ1) is 28.7. The van der Waals surface area contributed by atoms with Crippen molar-refractivity contribution >= 4 is 39.0 Å². The number of thiophene rings is 1. The number of nitrogens with one attached hydrogen (secondary N) is 2. The Morgan fingerprint density at radius 3 is 2.62 bits per heavy atom. The molecule has 3 heterocycles. The molecular weight excluding hydrogens is 531 g/mol. The fourth-order valence-electron chi connectivity index (χ4n) is 5.43. The topological polar surface area (TPSA) is 91.8 Å². The lowest BCUT2D eigenvalue weighted by molar-refractivity contribution is 0.0329. The Morgan fingerprint density at radius 1 is 1.12 bits per heavy atom. The average Bonchev–Trinajstić information content (AvgIpc) is 3.31. The monoisotopic (exact) mass is 570 g/mol. The maximum absolute atomic E-state index is 14.2. The van der Waals surface area contributed by atoms with Gasteiger partial charge in [0.25, 0.3) is 5.91 Å². The third kappa shape index (κ3) is 6.88. The number of aromatic nitrogens is 2. The third-order valence-electron chi connectivity index (χ3n) is 7.91. The minimum Gasteiger partial charge on any atom is -0.488 e. The summed E-state index contributed by atoms with van der Waals surface area (Å²) in [7, 11) is 3.89. The van der Waals surface area contributed by atoms with E-state index in [-0.39, 0.29) is 23.9 Å². The van der Waals surface area contributed by atoms with Gasteiger partial charge in [0.1, 0.15) is 28.5 Å². The number of hydrogen-bond donors (Lipinski definition) is 2. The Bertz CT molecular complexity index is 1300. The summed E-state index contributed by atoms with van der Waals surface area (Å²) in [5.74, 6) is 0.547. The van der Waals surface area contributed by atoms with Gasteiger partial charge < -0.3 is 29.9 Å². The Morgan fingerprint density at radius 2 is 1.88 bits per heavy atom. The van der Waals surface area contributed by atoms with E-state index in [4.69, 9.17) is 9.47 Å². The summed E-state index contributed by atoms with van der Waals surface area (Å²) < 4.78 is 25.9. The predicted octanol–water partition coefficient (Wildman–Crippen LogP) is 4.59. The fourth-order valence-corrected chi connectivity index (χ4v) is 6.49. The second kappa shape index (κ2) is 13.2. The SMILES string of the molecule is CO[C@H]1CC[C@H](Oc2cc(F)ccc2Nc2ncnc3sc(C(=O)NCCCN4CCN(C)CC4)c(C)c23)CC1. The lowest BCUT2D eigenvalue weighted by Gasteiger charge is -2.32. The number of nitrogens with zero attached hydrogens (tertiary/aromatic N) is 4. The molecular formula is C29H39FN6O3S. The molecule has 2 N–H and O–H groups in total. The van der Waals surface area contributed by atoms with Gasteiger partial charge in [-0.2, -0.15) is 0 Å². The van der Waals surface area contributed by atoms with Crippen molar-refractivity contribution in [3.8, 4) is 5.75 Å². The quantitative estimate of drug-likeness (QED) is 0.342. The van der Waals surface area contributed by atoms with E-state index in [0.29, 0.717) is 28.7 Å². The van der Waals surface area contributed by atoms with Crippen molar-refractivity contribution in [3.63, 3.8) is 0 Å². The molecule has 0 spiro atoms. The molecule has 5 rings (SSSR count). The molecule has 2 aliphatic rings. The molecule has 1 amide bonds. The molecule has 11 heteroatoms. The molecule has 2 aromatic heterocycles. The molecule has 40 heavy (non-hydrogen) atoms. The van der Waals surface area contributed by atoms with Crippen molar-refractivity contribution in [2.45, 2.75) is 51.2 Å². The highest BCUT2D eigenvalue weighted by Gasteiger charge is 2.24. The molecule has 1 saturated heterocycles. The molecule has 1 aliphatic heterocycles. The summed E-state index contributed by atoms with van der Waals surface area (Å²) >= 11 is 1.36. The first-order valence-electron chi connectivity index (χ1n) is 14.1. The molecule has 0 atom stereocenters. The lowest BCUT2D eigenvalue weighted by atomic mass is 9.95. The lowest BCUT2D eigenvalue weighted by Crippen LogP contribution is -2.45. The van der Waals surface area contributed by atoms with Gasteiger partial charge in [-0.15, -0.1) is 11.3 Å². The first-order chi connectivity index (χ1) is 19.4. The standard InChI is InChI=1S/C29H39FN6O3S/c1-19-25-27(34-23-10-5-20(30)17-24(23)39-22-8-6-21(38-3)7-9-22)32-18-33-29(25)40-26(19)28(37)31-11-4-12-36-15-13-35(2)14-16-36/h5,10,17-18,21-22H,4,6-9,11-16H2,1-3H3,(H,31,37)(H,32,33,34)/t21-,22-. The first-order valence-corrected chi connectivity index (χ1v) is 14.9. The van der Waals surface area contributed by atoms with Gasteiger partial charge in [0.15, 0.2) is 0 Å². The minimum absolute atomic E-state index is 0.00592. The maximum Gasteiger partial charge on any atom is 0.261 e. The Kier molecular flexibility index (Phi) is 9.46. The summed E-state index contributed by atoms with van der Waals surface area (Å²) in [6.45, 7) is 7.85. The second-order valence-electron chi connectivity index (χ2n) is 10.7. The molecule has 1 saturated carbocycles. The van der Waals surface area contributed by atoms with Crippen LogP contribution in [-0.2, 0) is 4.74 Å². The van der Waals surface area contributed by atoms with Crippen LogP contribution in [0.15, 0.2) is 24.5 Å². The fraction of sp³-hybridized carbons (Fsp3) is 0.552. The summed E-state index contributed by atoms with van der Waals surface area (Å²) in [6.07, 6.45) is 6.17. The number of carbonyl (C=O) groups excluding carboxylic acids is 1. The number of piperazine rings is 1. The smallest absolute Gasteiger partial charge is 0.261 e. The minimum atomic E-state index is -0.364. The number of rotatable bonds is 10. The van der Waals surface area contributed by atoms with Gasteiger partial charge >= 0.3 is 0 Å². The van der Waals surface area contributed by atoms with Gasteiger partial charge in [0, 0.05) is 45.9 Å². The van der Waals surface area contributed by atoms with E-state index < -0.39 is 0 Å². The second-order valence-corrected chi connectivity index (χ2v) is 11.7. The van der Waals surface area contributed by atoms with E-state index in [1.54, 1.807) is 13.2 Å². The van der Waals surface area contributed by atoms with Crippen molar-refractivity contribution < 1.29 is 18.7 Å². The summed E-state index contributed by atoms with van der Waals surface area (Å²) in [5, 5.41) is 7.20. The molecule has 3 aromatic rings. The Hall–Kier alpha value is -2.86. The van der Waals surface area contributed by atoms with E-state index in [2.05, 4.69) is 37.4 Å². The Labute approximate surface area is 239 Å². The van der Waals surface area contributed by atoms with Crippen LogP contribution < -0.4 is 15.4 Å². The van der Waals surface area contributed by atoms with Crippen LogP contribution in [-0.4, -0.2) is 91.3 Å². The number of halogens is 1. The van der Waals surface area contributed by atoms with Crippen LogP contribution in [0, 0.1) is 12.7 Å². The number of amides is 1. The number of aryl methyl sites for hydroxylation is 1. The predicted molar refractivity (Wildman–Crippen MR) is 156 cm³/mol. The van der Waals surface area contributed by atoms with Gasteiger partial charge in [-0.1, -0.05) is 0 Å². The zero-order chi connectivity index (χ0) is 28.1. The van der Waals surface area contributed by atoms with E-state index in [1.807, 2.05) is 6.92 Å². The molecule has 2 fully saturated rings. The van der Waals surface area contributed by atoms with Crippen LogP contribution >= 0.6 is 11.3 Å². The normalized spacial score (nSPS) is 20.5. The van der Waals surface area contributed by atoms with E-state index in [1.165, 1.54) is 29.8 Å². The number of carbonyl (C=O) groups is 1. The van der Waals surface area contributed by atoms with Crippen LogP contribution in [0.5, 0.6) is 5.75 Å². The van der Waals surface area contributed by atoms with Crippen LogP contribution in [0.3, 0.4) is 0 Å². The van der Waals surface area contributed by atoms with Crippen LogP contribution in [0.2, 0.25) is 0 Å². The van der Waals surface area contributed by atoms with Crippen LogP contribution in [0.1, 0.15) is 47.3 Å². The highest BCUT2D eigenvalue weighted by atomic mass is 32.1. The average molecular weight is 571 g/mol. The number of ether oxygens (including phenoxy) is 2. The highest BCUT2D eigenvalue weighted by Crippen LogP contribution is 2.37. The number of benzene rings is 1. The summed E-state index contributed by atoms with van der Waals surface area (Å²) in [5.41, 5.74) is 1.44. The van der Waals surface area contributed by atoms with Crippen molar-refractivity contribution in [2.24, 2.45) is 0 Å². The van der Waals surface area contributed by atoms with Crippen LogP contribution in [0.4, 0.5) is 15.9 Å². The zero-order valence-corrected chi connectivity index (χ0v) is 24.4. The van der Waals surface area contributed by atoms with Crippen molar-refractivity contribution in [1.29, 1.82) is 0 Å². The number of likely N-dealkylation sites (N-methyl/N-ethyl adjacent to an activating group) is 1. The van der Waals surface area contributed by atoms with Crippen molar-refractivity contribution in [2.75, 3.05) is 58.7 Å². The van der Waals surface area contributed by atoms with Crippen LogP contribution in [0.25, 0.3) is 10.2 Å². The van der Waals surface area contributed by atoms with E-state index >= 15 is 0 Å². The van der Waals surface area contributed by atoms with E-state index in [0.717, 1.165) is 80.6 Å². The molecule has 9 nitrogen and oxygen atoms in total. The van der Waals surface area contributed by atoms with Crippen molar-refractivity contribution in [3.05, 3.63) is 40.8 Å². The molecule has 1 aliphatic carbocycles. The summed E-state index contributed by atoms with van der Waals surface area (Å²) in [6, 6.07) is 4.47. The molecule has 0 bridgehead atoms. The van der Waals surface area contributed by atoms with Gasteiger partial charge in [-0.05, 0) is 70.3 Å². The number of anilines is 2. The summed E-state index contributed by atoms with van der Waals surface area (Å²) in [4.78, 5) is 28.1. The number of methoxy groups -OCH3 is 1. The molecule has 216 valence electrons. The number of hydrogen-bond acceptors (Lipinski definition) is 9. The number of fused-ring (bicyclic) bond motifs is 1. The Balaban J connectivity index is 1.26. The molecule has 0 unspecified atom stereocenters.